The average molecular weight is 255 g/mol. The summed E-state index contributed by atoms with van der Waals surface area (Å²) in [5, 5.41) is 28.4. The third kappa shape index (κ3) is 3.42. The minimum Gasteiger partial charge on any atom is -0.486 e. The van der Waals surface area contributed by atoms with E-state index < -0.39 is 10.9 Å². The van der Waals surface area contributed by atoms with Crippen LogP contribution in [0.5, 0.6) is 5.75 Å². The summed E-state index contributed by atoms with van der Waals surface area (Å²) >= 11 is 0. The number of nitro benzene ring substituents is 1. The van der Waals surface area contributed by atoms with Crippen molar-refractivity contribution < 1.29 is 24.7 Å². The Labute approximate surface area is 103 Å². The molecule has 0 bridgehead atoms. The minimum atomic E-state index is -1.19. The van der Waals surface area contributed by atoms with Crippen LogP contribution in [0.4, 0.5) is 5.69 Å². The number of ether oxygens (including phenoxy) is 1. The van der Waals surface area contributed by atoms with Crippen molar-refractivity contribution in [3.05, 3.63) is 33.9 Å². The van der Waals surface area contributed by atoms with Gasteiger partial charge in [0.2, 0.25) is 0 Å². The lowest BCUT2D eigenvalue weighted by atomic mass is 10.2. The number of hydrogen-bond donors (Lipinski definition) is 2. The molecule has 0 saturated carbocycles. The van der Waals surface area contributed by atoms with Gasteiger partial charge in [0.15, 0.2) is 5.75 Å². The van der Waals surface area contributed by atoms with Crippen LogP contribution < -0.4 is 4.74 Å². The molecule has 0 aliphatic rings. The highest BCUT2D eigenvalue weighted by Crippen LogP contribution is 2.28. The fourth-order valence-electron chi connectivity index (χ4n) is 1.20. The molecule has 0 aromatic heterocycles. The molecule has 7 nitrogen and oxygen atoms in total. The molecule has 18 heavy (non-hydrogen) atoms. The van der Waals surface area contributed by atoms with Gasteiger partial charge in [0.1, 0.15) is 0 Å². The first-order valence-corrected chi connectivity index (χ1v) is 5.21. The molecule has 0 saturated heterocycles. The largest absolute Gasteiger partial charge is 0.486 e. The van der Waals surface area contributed by atoms with Gasteiger partial charge in [-0.25, -0.2) is 4.79 Å². The van der Waals surface area contributed by atoms with Crippen LogP contribution >= 0.6 is 0 Å². The molecule has 2 N–H and O–H groups in total. The van der Waals surface area contributed by atoms with Gasteiger partial charge in [0, 0.05) is 24.7 Å². The number of nitro groups is 1. The van der Waals surface area contributed by atoms with Crippen LogP contribution in [-0.2, 0) is 0 Å². The molecule has 1 unspecified atom stereocenters. The van der Waals surface area contributed by atoms with Crippen LogP contribution in [0, 0.1) is 16.0 Å². The lowest BCUT2D eigenvalue weighted by molar-refractivity contribution is -0.385. The van der Waals surface area contributed by atoms with Gasteiger partial charge in [-0.15, -0.1) is 0 Å². The maximum absolute atomic E-state index is 10.8. The van der Waals surface area contributed by atoms with E-state index in [1.165, 1.54) is 0 Å². The summed E-state index contributed by atoms with van der Waals surface area (Å²) in [7, 11) is 0. The van der Waals surface area contributed by atoms with Crippen LogP contribution in [0.3, 0.4) is 0 Å². The molecule has 0 fully saturated rings. The number of rotatable bonds is 6. The lowest BCUT2D eigenvalue weighted by Gasteiger charge is -2.11. The molecule has 0 heterocycles. The van der Waals surface area contributed by atoms with E-state index in [0.29, 0.717) is 0 Å². The highest BCUT2D eigenvalue weighted by molar-refractivity contribution is 5.88. The fraction of sp³-hybridized carbons (Fsp3) is 0.364. The van der Waals surface area contributed by atoms with Crippen LogP contribution in [-0.4, -0.2) is 34.3 Å². The Morgan fingerprint density at radius 3 is 2.72 bits per heavy atom. The number of aromatic carboxylic acids is 1. The molecule has 1 rings (SSSR count). The highest BCUT2D eigenvalue weighted by atomic mass is 16.6. The number of nitrogens with zero attached hydrogens (tertiary/aromatic N) is 1. The van der Waals surface area contributed by atoms with Crippen LogP contribution in [0.25, 0.3) is 0 Å². The van der Waals surface area contributed by atoms with E-state index in [1.807, 2.05) is 0 Å². The smallest absolute Gasteiger partial charge is 0.335 e. The number of benzene rings is 1. The second-order valence-electron chi connectivity index (χ2n) is 3.84. The number of aliphatic hydroxyl groups is 1. The van der Waals surface area contributed by atoms with Gasteiger partial charge in [-0.3, -0.25) is 10.1 Å². The molecular formula is C11H13NO6. The number of aliphatic hydroxyl groups excluding tert-OH is 1. The van der Waals surface area contributed by atoms with Gasteiger partial charge >= 0.3 is 11.7 Å². The first-order valence-electron chi connectivity index (χ1n) is 5.21. The van der Waals surface area contributed by atoms with Crippen molar-refractivity contribution in [1.82, 2.24) is 0 Å². The molecule has 1 aromatic carbocycles. The fourth-order valence-corrected chi connectivity index (χ4v) is 1.20. The summed E-state index contributed by atoms with van der Waals surface area (Å²) in [6.45, 7) is 1.65. The zero-order valence-electron chi connectivity index (χ0n) is 9.70. The average Bonchev–Trinajstić information content (AvgIpc) is 2.35. The van der Waals surface area contributed by atoms with Crippen molar-refractivity contribution in [2.75, 3.05) is 13.2 Å². The Morgan fingerprint density at radius 1 is 1.56 bits per heavy atom. The van der Waals surface area contributed by atoms with Crippen LogP contribution in [0.1, 0.15) is 17.3 Å². The van der Waals surface area contributed by atoms with E-state index in [1.54, 1.807) is 6.92 Å². The highest BCUT2D eigenvalue weighted by Gasteiger charge is 2.18. The Kier molecular flexibility index (Phi) is 4.61. The van der Waals surface area contributed by atoms with Crippen molar-refractivity contribution in [2.45, 2.75) is 6.92 Å². The summed E-state index contributed by atoms with van der Waals surface area (Å²) in [5.41, 5.74) is -0.391. The van der Waals surface area contributed by atoms with Crippen molar-refractivity contribution >= 4 is 11.7 Å². The molecule has 0 aliphatic heterocycles. The maximum Gasteiger partial charge on any atom is 0.335 e. The minimum absolute atomic E-state index is 0.0699. The Bertz CT molecular complexity index is 459. The molecule has 0 spiro atoms. The summed E-state index contributed by atoms with van der Waals surface area (Å²) in [6.07, 6.45) is 0. The Hall–Kier alpha value is -2.15. The number of carboxylic acids is 1. The first-order chi connectivity index (χ1) is 8.45. The number of hydrogen-bond acceptors (Lipinski definition) is 5. The van der Waals surface area contributed by atoms with Crippen LogP contribution in [0.15, 0.2) is 18.2 Å². The summed E-state index contributed by atoms with van der Waals surface area (Å²) in [5.74, 6) is -1.50. The monoisotopic (exact) mass is 255 g/mol. The predicted molar refractivity (Wildman–Crippen MR) is 61.8 cm³/mol. The van der Waals surface area contributed by atoms with Gasteiger partial charge in [-0.1, -0.05) is 6.92 Å². The normalized spacial score (nSPS) is 11.9. The summed E-state index contributed by atoms with van der Waals surface area (Å²) in [6, 6.07) is 3.33. The second kappa shape index (κ2) is 5.97. The zero-order valence-corrected chi connectivity index (χ0v) is 9.70. The van der Waals surface area contributed by atoms with Gasteiger partial charge in [-0.05, 0) is 6.07 Å². The molecule has 98 valence electrons. The van der Waals surface area contributed by atoms with Crippen molar-refractivity contribution in [2.24, 2.45) is 5.92 Å². The standard InChI is InChI=1S/C11H13NO6/c1-7(5-13)6-18-10-4-8(11(14)15)2-3-9(10)12(16)17/h2-4,7,13H,5-6H2,1H3,(H,14,15). The van der Waals surface area contributed by atoms with E-state index in [2.05, 4.69) is 0 Å². The molecule has 0 amide bonds. The molecule has 0 radical (unpaired) electrons. The van der Waals surface area contributed by atoms with Crippen LogP contribution in [0.2, 0.25) is 0 Å². The molecular weight excluding hydrogens is 242 g/mol. The molecule has 1 aromatic rings. The summed E-state index contributed by atoms with van der Waals surface area (Å²) in [4.78, 5) is 20.9. The van der Waals surface area contributed by atoms with Gasteiger partial charge in [-0.2, -0.15) is 0 Å². The Balaban J connectivity index is 3.00. The topological polar surface area (TPSA) is 110 Å². The zero-order chi connectivity index (χ0) is 13.7. The summed E-state index contributed by atoms with van der Waals surface area (Å²) < 4.78 is 5.18. The van der Waals surface area contributed by atoms with Crippen molar-refractivity contribution in [3.63, 3.8) is 0 Å². The third-order valence-corrected chi connectivity index (χ3v) is 2.24. The van der Waals surface area contributed by atoms with Crippen molar-refractivity contribution in [1.29, 1.82) is 0 Å². The lowest BCUT2D eigenvalue weighted by Crippen LogP contribution is -2.13. The van der Waals surface area contributed by atoms with E-state index in [4.69, 9.17) is 14.9 Å². The number of carbonyl (C=O) groups is 1. The van der Waals surface area contributed by atoms with Gasteiger partial charge in [0.05, 0.1) is 17.1 Å². The Morgan fingerprint density at radius 2 is 2.22 bits per heavy atom. The SMILES string of the molecule is CC(CO)COc1cc(C(=O)O)ccc1[N+](=O)[O-]. The van der Waals surface area contributed by atoms with E-state index in [-0.39, 0.29) is 36.1 Å². The third-order valence-electron chi connectivity index (χ3n) is 2.24. The number of carboxylic acid groups (broad SMARTS) is 1. The van der Waals surface area contributed by atoms with Crippen molar-refractivity contribution in [3.8, 4) is 5.75 Å². The van der Waals surface area contributed by atoms with Gasteiger partial charge in [0.25, 0.3) is 0 Å². The predicted octanol–water partition coefficient (Wildman–Crippen LogP) is 1.30. The maximum atomic E-state index is 10.8. The quantitative estimate of drug-likeness (QED) is 0.585. The molecule has 0 aliphatic carbocycles. The first kappa shape index (κ1) is 13.9. The molecule has 1 atom stereocenters. The second-order valence-corrected chi connectivity index (χ2v) is 3.84. The van der Waals surface area contributed by atoms with E-state index in [0.717, 1.165) is 18.2 Å². The van der Waals surface area contributed by atoms with E-state index in [9.17, 15) is 14.9 Å². The molecule has 7 heteroatoms. The van der Waals surface area contributed by atoms with E-state index >= 15 is 0 Å². The van der Waals surface area contributed by atoms with Gasteiger partial charge < -0.3 is 14.9 Å².